The van der Waals surface area contributed by atoms with E-state index in [0.29, 0.717) is 23.9 Å². The maximum absolute atomic E-state index is 9.33. The third-order valence-corrected chi connectivity index (χ3v) is 5.47. The Morgan fingerprint density at radius 2 is 2.13 bits per heavy atom. The van der Waals surface area contributed by atoms with E-state index >= 15 is 0 Å². The maximum Gasteiger partial charge on any atom is 0.162 e. The molecule has 1 aromatic carbocycles. The summed E-state index contributed by atoms with van der Waals surface area (Å²) in [6, 6.07) is 8.46. The molecule has 1 fully saturated rings. The van der Waals surface area contributed by atoms with Crippen LogP contribution in [0, 0.1) is 11.3 Å². The molecule has 4 rings (SSSR count). The van der Waals surface area contributed by atoms with E-state index in [1.165, 1.54) is 17.1 Å². The van der Waals surface area contributed by atoms with Gasteiger partial charge in [-0.1, -0.05) is 17.7 Å². The molecule has 2 aliphatic heterocycles. The van der Waals surface area contributed by atoms with Gasteiger partial charge in [0.15, 0.2) is 16.7 Å². The molecule has 1 aromatic heterocycles. The molecular weight excluding hydrogens is 334 g/mol. The summed E-state index contributed by atoms with van der Waals surface area (Å²) in [7, 11) is 0. The number of fused-ring (bicyclic) bond motifs is 1. The fourth-order valence-electron chi connectivity index (χ4n) is 3.18. The van der Waals surface area contributed by atoms with Crippen LogP contribution in [0.15, 0.2) is 18.2 Å². The first-order valence-electron chi connectivity index (χ1n) is 7.49. The average molecular weight is 348 g/mol. The minimum atomic E-state index is 0.203. The van der Waals surface area contributed by atoms with Crippen LogP contribution in [0.4, 0.5) is 5.00 Å². The molecule has 0 saturated carbocycles. The fourth-order valence-corrected chi connectivity index (χ4v) is 4.28. The van der Waals surface area contributed by atoms with Gasteiger partial charge in [-0.25, -0.2) is 0 Å². The van der Waals surface area contributed by atoms with Crippen molar-refractivity contribution < 1.29 is 9.47 Å². The number of anilines is 1. The summed E-state index contributed by atoms with van der Waals surface area (Å²) in [5.41, 5.74) is 1.64. The summed E-state index contributed by atoms with van der Waals surface area (Å²) in [6.45, 7) is 2.06. The smallest absolute Gasteiger partial charge is 0.162 e. The lowest BCUT2D eigenvalue weighted by Gasteiger charge is -2.27. The van der Waals surface area contributed by atoms with Crippen molar-refractivity contribution in [3.63, 3.8) is 0 Å². The van der Waals surface area contributed by atoms with E-state index in [1.807, 2.05) is 12.1 Å². The standard InChI is InChI=1S/C16H14ClN3O2S/c17-15-11(9-18)16(23-19-15)20-5-1-2-12(20)10-3-4-13-14(8-10)22-7-6-21-13/h3-4,8,12H,1-2,5-7H2. The van der Waals surface area contributed by atoms with Crippen molar-refractivity contribution in [2.24, 2.45) is 0 Å². The Bertz CT molecular complexity index is 786. The van der Waals surface area contributed by atoms with Gasteiger partial charge >= 0.3 is 0 Å². The summed E-state index contributed by atoms with van der Waals surface area (Å²) in [5.74, 6) is 1.59. The van der Waals surface area contributed by atoms with Gasteiger partial charge in [0, 0.05) is 6.54 Å². The predicted molar refractivity (Wildman–Crippen MR) is 88.6 cm³/mol. The Morgan fingerprint density at radius 3 is 2.96 bits per heavy atom. The molecule has 1 saturated heterocycles. The maximum atomic E-state index is 9.33. The van der Waals surface area contributed by atoms with E-state index in [4.69, 9.17) is 21.1 Å². The highest BCUT2D eigenvalue weighted by Crippen LogP contribution is 2.43. The summed E-state index contributed by atoms with van der Waals surface area (Å²) in [6.07, 6.45) is 2.10. The lowest BCUT2D eigenvalue weighted by molar-refractivity contribution is 0.171. The van der Waals surface area contributed by atoms with Crippen molar-refractivity contribution in [2.45, 2.75) is 18.9 Å². The van der Waals surface area contributed by atoms with Crippen molar-refractivity contribution in [3.8, 4) is 17.6 Å². The van der Waals surface area contributed by atoms with Crippen LogP contribution < -0.4 is 14.4 Å². The number of benzene rings is 1. The third-order valence-electron chi connectivity index (χ3n) is 4.21. The topological polar surface area (TPSA) is 58.4 Å². The molecule has 118 valence electrons. The molecule has 23 heavy (non-hydrogen) atoms. The second kappa shape index (κ2) is 5.91. The minimum Gasteiger partial charge on any atom is -0.486 e. The second-order valence-electron chi connectivity index (χ2n) is 5.52. The number of hydrogen-bond donors (Lipinski definition) is 0. The van der Waals surface area contributed by atoms with Crippen LogP contribution in [0.3, 0.4) is 0 Å². The minimum absolute atomic E-state index is 0.203. The number of nitrogens with zero attached hydrogens (tertiary/aromatic N) is 3. The summed E-state index contributed by atoms with van der Waals surface area (Å²) in [5, 5.41) is 10.5. The first-order valence-corrected chi connectivity index (χ1v) is 8.64. The van der Waals surface area contributed by atoms with E-state index < -0.39 is 0 Å². The van der Waals surface area contributed by atoms with Crippen molar-refractivity contribution in [3.05, 3.63) is 34.5 Å². The Balaban J connectivity index is 1.69. The van der Waals surface area contributed by atoms with E-state index in [1.54, 1.807) is 0 Å². The second-order valence-corrected chi connectivity index (χ2v) is 6.63. The molecule has 2 aromatic rings. The van der Waals surface area contributed by atoms with Gasteiger partial charge in [0.2, 0.25) is 0 Å². The van der Waals surface area contributed by atoms with E-state index in [-0.39, 0.29) is 6.04 Å². The fraction of sp³-hybridized carbons (Fsp3) is 0.375. The molecule has 1 atom stereocenters. The average Bonchev–Trinajstić information content (AvgIpc) is 3.20. The van der Waals surface area contributed by atoms with Crippen LogP contribution >= 0.6 is 23.1 Å². The SMILES string of the molecule is N#Cc1c(Cl)nsc1N1CCCC1c1ccc2c(c1)OCCO2. The molecule has 0 bridgehead atoms. The molecule has 0 amide bonds. The summed E-state index contributed by atoms with van der Waals surface area (Å²) in [4.78, 5) is 2.23. The lowest BCUT2D eigenvalue weighted by atomic mass is 10.0. The van der Waals surface area contributed by atoms with Crippen LogP contribution in [-0.2, 0) is 0 Å². The van der Waals surface area contributed by atoms with Gasteiger partial charge in [0.25, 0.3) is 0 Å². The molecule has 0 spiro atoms. The molecule has 1 unspecified atom stereocenters. The summed E-state index contributed by atoms with van der Waals surface area (Å²) < 4.78 is 15.4. The van der Waals surface area contributed by atoms with Crippen LogP contribution in [-0.4, -0.2) is 24.1 Å². The van der Waals surface area contributed by atoms with Crippen molar-refractivity contribution in [1.82, 2.24) is 4.37 Å². The van der Waals surface area contributed by atoms with E-state index in [0.717, 1.165) is 35.9 Å². The highest BCUT2D eigenvalue weighted by molar-refractivity contribution is 7.10. The monoisotopic (exact) mass is 347 g/mol. The molecule has 7 heteroatoms. The Morgan fingerprint density at radius 1 is 1.30 bits per heavy atom. The highest BCUT2D eigenvalue weighted by atomic mass is 35.5. The molecule has 5 nitrogen and oxygen atoms in total. The Kier molecular flexibility index (Phi) is 3.76. The van der Waals surface area contributed by atoms with E-state index in [2.05, 4.69) is 21.4 Å². The number of aromatic nitrogens is 1. The van der Waals surface area contributed by atoms with Gasteiger partial charge < -0.3 is 14.4 Å². The van der Waals surface area contributed by atoms with Crippen LogP contribution in [0.2, 0.25) is 5.15 Å². The molecule has 2 aliphatic rings. The zero-order valence-corrected chi connectivity index (χ0v) is 13.9. The number of nitriles is 1. The van der Waals surface area contributed by atoms with E-state index in [9.17, 15) is 5.26 Å². The molecule has 0 aliphatic carbocycles. The van der Waals surface area contributed by atoms with Crippen LogP contribution in [0.25, 0.3) is 0 Å². The van der Waals surface area contributed by atoms with Crippen molar-refractivity contribution in [2.75, 3.05) is 24.7 Å². The van der Waals surface area contributed by atoms with Crippen LogP contribution in [0.1, 0.15) is 30.0 Å². The van der Waals surface area contributed by atoms with Gasteiger partial charge in [-0.05, 0) is 42.1 Å². The van der Waals surface area contributed by atoms with Gasteiger partial charge in [0.05, 0.1) is 6.04 Å². The highest BCUT2D eigenvalue weighted by Gasteiger charge is 2.31. The molecule has 3 heterocycles. The molecule has 0 radical (unpaired) electrons. The predicted octanol–water partition coefficient (Wildman–Crippen LogP) is 3.78. The normalized spacial score (nSPS) is 19.7. The molecule has 0 N–H and O–H groups in total. The third kappa shape index (κ3) is 2.50. The van der Waals surface area contributed by atoms with Crippen LogP contribution in [0.5, 0.6) is 11.5 Å². The zero-order chi connectivity index (χ0) is 15.8. The lowest BCUT2D eigenvalue weighted by Crippen LogP contribution is -2.23. The van der Waals surface area contributed by atoms with Gasteiger partial charge in [0.1, 0.15) is 29.8 Å². The summed E-state index contributed by atoms with van der Waals surface area (Å²) >= 11 is 7.32. The van der Waals surface area contributed by atoms with Gasteiger partial charge in [-0.15, -0.1) is 0 Å². The zero-order valence-electron chi connectivity index (χ0n) is 12.3. The first kappa shape index (κ1) is 14.6. The van der Waals surface area contributed by atoms with Gasteiger partial charge in [-0.2, -0.15) is 9.64 Å². The number of hydrogen-bond acceptors (Lipinski definition) is 6. The quantitative estimate of drug-likeness (QED) is 0.827. The number of rotatable bonds is 2. The first-order chi connectivity index (χ1) is 11.3. The number of halogens is 1. The number of ether oxygens (including phenoxy) is 2. The van der Waals surface area contributed by atoms with Crippen molar-refractivity contribution >= 4 is 28.1 Å². The Labute approximate surface area is 143 Å². The largest absolute Gasteiger partial charge is 0.486 e. The molecular formula is C16H14ClN3O2S. The van der Waals surface area contributed by atoms with Crippen molar-refractivity contribution in [1.29, 1.82) is 5.26 Å². The van der Waals surface area contributed by atoms with Gasteiger partial charge in [-0.3, -0.25) is 0 Å². The Hall–Kier alpha value is -1.97.